The van der Waals surface area contributed by atoms with Crippen LogP contribution in [0.4, 0.5) is 0 Å². The van der Waals surface area contributed by atoms with Crippen LogP contribution in [0, 0.1) is 11.3 Å². The molecule has 1 rings (SSSR count). The number of benzene rings is 1. The Balaban J connectivity index is 3.10. The van der Waals surface area contributed by atoms with Gasteiger partial charge in [0, 0.05) is 15.5 Å². The molecular weight excluding hydrogens is 304 g/mol. The number of hydrogen-bond acceptors (Lipinski definition) is 2. The van der Waals surface area contributed by atoms with Crippen LogP contribution in [0.25, 0.3) is 0 Å². The van der Waals surface area contributed by atoms with E-state index in [2.05, 4.69) is 15.9 Å². The standard InChI is InChI=1S/C12H12BrClN2O/c1-8(2)16(6-5-15)12(17)10-7-9(14)3-4-11(10)13/h3-4,7-8H,6H2,1-2H3. The van der Waals surface area contributed by atoms with E-state index in [9.17, 15) is 4.79 Å². The molecule has 0 heterocycles. The second-order valence-electron chi connectivity index (χ2n) is 3.81. The van der Waals surface area contributed by atoms with E-state index in [4.69, 9.17) is 16.9 Å². The average molecular weight is 316 g/mol. The normalized spacial score (nSPS) is 10.1. The largest absolute Gasteiger partial charge is 0.323 e. The number of hydrogen-bond donors (Lipinski definition) is 0. The van der Waals surface area contributed by atoms with Gasteiger partial charge in [-0.2, -0.15) is 5.26 Å². The second-order valence-corrected chi connectivity index (χ2v) is 5.10. The summed E-state index contributed by atoms with van der Waals surface area (Å²) in [5.74, 6) is -0.198. The number of rotatable bonds is 3. The minimum absolute atomic E-state index is 0.0342. The van der Waals surface area contributed by atoms with E-state index in [0.717, 1.165) is 0 Å². The summed E-state index contributed by atoms with van der Waals surface area (Å²) in [7, 11) is 0. The second kappa shape index (κ2) is 6.04. The molecule has 0 fully saturated rings. The summed E-state index contributed by atoms with van der Waals surface area (Å²) in [5.41, 5.74) is 0.474. The third-order valence-electron chi connectivity index (χ3n) is 2.28. The van der Waals surface area contributed by atoms with Crippen LogP contribution >= 0.6 is 27.5 Å². The molecule has 0 bridgehead atoms. The fourth-order valence-corrected chi connectivity index (χ4v) is 1.97. The first-order chi connectivity index (χ1) is 7.97. The van der Waals surface area contributed by atoms with Crippen LogP contribution in [-0.2, 0) is 0 Å². The molecule has 0 aliphatic heterocycles. The summed E-state index contributed by atoms with van der Waals surface area (Å²) >= 11 is 9.18. The maximum atomic E-state index is 12.2. The highest BCUT2D eigenvalue weighted by molar-refractivity contribution is 9.10. The summed E-state index contributed by atoms with van der Waals surface area (Å²) < 4.78 is 0.676. The van der Waals surface area contributed by atoms with E-state index < -0.39 is 0 Å². The van der Waals surface area contributed by atoms with Crippen LogP contribution in [0.15, 0.2) is 22.7 Å². The molecule has 5 heteroatoms. The highest BCUT2D eigenvalue weighted by Crippen LogP contribution is 2.23. The summed E-state index contributed by atoms with van der Waals surface area (Å²) in [5, 5.41) is 9.22. The molecule has 90 valence electrons. The molecule has 0 aliphatic rings. The van der Waals surface area contributed by atoms with Crippen molar-refractivity contribution in [2.75, 3.05) is 6.54 Å². The van der Waals surface area contributed by atoms with Crippen molar-refractivity contribution in [2.45, 2.75) is 19.9 Å². The molecule has 0 N–H and O–H groups in total. The van der Waals surface area contributed by atoms with E-state index in [1.165, 1.54) is 4.90 Å². The molecule has 3 nitrogen and oxygen atoms in total. The molecular formula is C12H12BrClN2O. The Labute approximate surface area is 114 Å². The number of nitriles is 1. The molecule has 0 atom stereocenters. The molecule has 0 radical (unpaired) electrons. The van der Waals surface area contributed by atoms with Gasteiger partial charge in [0.05, 0.1) is 11.6 Å². The monoisotopic (exact) mass is 314 g/mol. The number of halogens is 2. The third kappa shape index (κ3) is 3.45. The molecule has 0 saturated carbocycles. The van der Waals surface area contributed by atoms with Gasteiger partial charge >= 0.3 is 0 Å². The lowest BCUT2D eigenvalue weighted by molar-refractivity contribution is 0.0730. The Hall–Kier alpha value is -1.05. The van der Waals surface area contributed by atoms with Gasteiger partial charge in [-0.3, -0.25) is 4.79 Å². The number of carbonyl (C=O) groups is 1. The van der Waals surface area contributed by atoms with E-state index in [0.29, 0.717) is 15.1 Å². The van der Waals surface area contributed by atoms with Crippen molar-refractivity contribution < 1.29 is 4.79 Å². The molecule has 0 spiro atoms. The van der Waals surface area contributed by atoms with Crippen molar-refractivity contribution in [1.29, 1.82) is 5.26 Å². The minimum Gasteiger partial charge on any atom is -0.323 e. The lowest BCUT2D eigenvalue weighted by atomic mass is 10.1. The summed E-state index contributed by atoms with van der Waals surface area (Å²) in [6.45, 7) is 3.80. The Morgan fingerprint density at radius 1 is 1.59 bits per heavy atom. The fourth-order valence-electron chi connectivity index (χ4n) is 1.38. The average Bonchev–Trinajstić information content (AvgIpc) is 2.28. The third-order valence-corrected chi connectivity index (χ3v) is 3.21. The molecule has 17 heavy (non-hydrogen) atoms. The summed E-state index contributed by atoms with van der Waals surface area (Å²) in [4.78, 5) is 13.7. The van der Waals surface area contributed by atoms with E-state index in [1.54, 1.807) is 18.2 Å². The molecule has 1 aromatic carbocycles. The first-order valence-corrected chi connectivity index (χ1v) is 6.27. The van der Waals surface area contributed by atoms with Crippen LogP contribution < -0.4 is 0 Å². The van der Waals surface area contributed by atoms with Gasteiger partial charge < -0.3 is 4.90 Å². The van der Waals surface area contributed by atoms with Gasteiger partial charge in [0.25, 0.3) is 5.91 Å². The highest BCUT2D eigenvalue weighted by Gasteiger charge is 2.20. The molecule has 0 unspecified atom stereocenters. The Kier molecular flexibility index (Phi) is 4.98. The smallest absolute Gasteiger partial charge is 0.256 e. The SMILES string of the molecule is CC(C)N(CC#N)C(=O)c1cc(Cl)ccc1Br. The lowest BCUT2D eigenvalue weighted by Gasteiger charge is -2.24. The van der Waals surface area contributed by atoms with Crippen molar-refractivity contribution >= 4 is 33.4 Å². The Morgan fingerprint density at radius 3 is 2.76 bits per heavy atom. The highest BCUT2D eigenvalue weighted by atomic mass is 79.9. The van der Waals surface area contributed by atoms with Crippen LogP contribution in [0.1, 0.15) is 24.2 Å². The molecule has 0 aliphatic carbocycles. The summed E-state index contributed by atoms with van der Waals surface area (Å²) in [6, 6.07) is 6.98. The molecule has 1 amide bonds. The van der Waals surface area contributed by atoms with Gasteiger partial charge in [0.15, 0.2) is 0 Å². The predicted octanol–water partition coefficient (Wildman–Crippen LogP) is 3.48. The lowest BCUT2D eigenvalue weighted by Crippen LogP contribution is -2.37. The van der Waals surface area contributed by atoms with Crippen LogP contribution in [0.3, 0.4) is 0 Å². The number of amides is 1. The van der Waals surface area contributed by atoms with Gasteiger partial charge in [-0.25, -0.2) is 0 Å². The van der Waals surface area contributed by atoms with Crippen molar-refractivity contribution in [3.8, 4) is 6.07 Å². The van der Waals surface area contributed by atoms with Crippen molar-refractivity contribution in [2.24, 2.45) is 0 Å². The summed E-state index contributed by atoms with van der Waals surface area (Å²) in [6.07, 6.45) is 0. The molecule has 0 saturated heterocycles. The van der Waals surface area contributed by atoms with E-state index >= 15 is 0 Å². The minimum atomic E-state index is -0.198. The first-order valence-electron chi connectivity index (χ1n) is 5.10. The van der Waals surface area contributed by atoms with Gasteiger partial charge in [-0.1, -0.05) is 11.6 Å². The Bertz CT molecular complexity index is 468. The van der Waals surface area contributed by atoms with E-state index in [-0.39, 0.29) is 18.5 Å². The maximum Gasteiger partial charge on any atom is 0.256 e. The zero-order valence-corrected chi connectivity index (χ0v) is 11.9. The number of nitrogens with zero attached hydrogens (tertiary/aromatic N) is 2. The Morgan fingerprint density at radius 2 is 2.24 bits per heavy atom. The maximum absolute atomic E-state index is 12.2. The zero-order chi connectivity index (χ0) is 13.0. The number of carbonyl (C=O) groups excluding carboxylic acids is 1. The van der Waals surface area contributed by atoms with Crippen LogP contribution in [-0.4, -0.2) is 23.4 Å². The van der Waals surface area contributed by atoms with Gasteiger partial charge in [0.1, 0.15) is 6.54 Å². The first kappa shape index (κ1) is 14.0. The van der Waals surface area contributed by atoms with Crippen LogP contribution in [0.2, 0.25) is 5.02 Å². The molecule has 0 aromatic heterocycles. The van der Waals surface area contributed by atoms with E-state index in [1.807, 2.05) is 19.9 Å². The zero-order valence-electron chi connectivity index (χ0n) is 9.58. The van der Waals surface area contributed by atoms with Gasteiger partial charge in [-0.15, -0.1) is 0 Å². The van der Waals surface area contributed by atoms with Crippen molar-refractivity contribution in [3.05, 3.63) is 33.3 Å². The van der Waals surface area contributed by atoms with Crippen LogP contribution in [0.5, 0.6) is 0 Å². The van der Waals surface area contributed by atoms with Gasteiger partial charge in [0.2, 0.25) is 0 Å². The van der Waals surface area contributed by atoms with Crippen molar-refractivity contribution in [3.63, 3.8) is 0 Å². The van der Waals surface area contributed by atoms with Gasteiger partial charge in [-0.05, 0) is 48.0 Å². The van der Waals surface area contributed by atoms with Crippen molar-refractivity contribution in [1.82, 2.24) is 4.90 Å². The predicted molar refractivity (Wildman–Crippen MR) is 70.9 cm³/mol. The topological polar surface area (TPSA) is 44.1 Å². The fraction of sp³-hybridized carbons (Fsp3) is 0.333. The molecule has 1 aromatic rings. The quantitative estimate of drug-likeness (QED) is 0.802.